The minimum atomic E-state index is -0.504. The van der Waals surface area contributed by atoms with E-state index in [1.165, 1.54) is 9.80 Å². The minimum Gasteiger partial charge on any atom is -0.359 e. The van der Waals surface area contributed by atoms with Crippen LogP contribution in [-0.2, 0) is 9.59 Å². The molecule has 1 rings (SSSR count). The predicted molar refractivity (Wildman–Crippen MR) is 61.4 cm³/mol. The van der Waals surface area contributed by atoms with Gasteiger partial charge in [0.05, 0.1) is 12.2 Å². The molecule has 0 radical (unpaired) electrons. The van der Waals surface area contributed by atoms with E-state index in [2.05, 4.69) is 6.58 Å². The second-order valence-corrected chi connectivity index (χ2v) is 4.78. The molecular formula is C11H19N3O2. The zero-order chi connectivity index (χ0) is 12.7. The molecule has 16 heavy (non-hydrogen) atoms. The molecule has 0 aromatic carbocycles. The monoisotopic (exact) mass is 225 g/mol. The van der Waals surface area contributed by atoms with Crippen molar-refractivity contribution in [3.8, 4) is 0 Å². The van der Waals surface area contributed by atoms with E-state index in [0.29, 0.717) is 6.67 Å². The van der Waals surface area contributed by atoms with Crippen LogP contribution in [0.25, 0.3) is 0 Å². The Morgan fingerprint density at radius 3 is 2.19 bits per heavy atom. The van der Waals surface area contributed by atoms with E-state index in [0.717, 1.165) is 5.70 Å². The standard InChI is InChI=1S/C11H19N3O2/c1-8-11(2,3)14(7-13(8)6)10(16)9(15)12(4)5/h1,7H2,2-6H3. The third kappa shape index (κ3) is 1.77. The summed E-state index contributed by atoms with van der Waals surface area (Å²) >= 11 is 0. The summed E-state index contributed by atoms with van der Waals surface area (Å²) in [6, 6.07) is 0. The molecule has 0 spiro atoms. The van der Waals surface area contributed by atoms with Gasteiger partial charge in [0.15, 0.2) is 0 Å². The Labute approximate surface area is 96.3 Å². The SMILES string of the molecule is C=C1N(C)CN(C(=O)C(=O)N(C)C)C1(C)C. The smallest absolute Gasteiger partial charge is 0.314 e. The zero-order valence-electron chi connectivity index (χ0n) is 10.6. The second kappa shape index (κ2) is 3.81. The third-order valence-corrected chi connectivity index (χ3v) is 3.03. The topological polar surface area (TPSA) is 43.9 Å². The van der Waals surface area contributed by atoms with Gasteiger partial charge in [0, 0.05) is 26.8 Å². The van der Waals surface area contributed by atoms with Gasteiger partial charge in [-0.05, 0) is 13.8 Å². The Hall–Kier alpha value is -1.52. The van der Waals surface area contributed by atoms with Gasteiger partial charge in [0.1, 0.15) is 0 Å². The van der Waals surface area contributed by atoms with Crippen molar-refractivity contribution in [1.82, 2.24) is 14.7 Å². The summed E-state index contributed by atoms with van der Waals surface area (Å²) in [5.74, 6) is -0.989. The van der Waals surface area contributed by atoms with Gasteiger partial charge >= 0.3 is 11.8 Å². The zero-order valence-corrected chi connectivity index (χ0v) is 10.6. The first-order valence-corrected chi connectivity index (χ1v) is 5.13. The van der Waals surface area contributed by atoms with Crippen molar-refractivity contribution in [1.29, 1.82) is 0 Å². The fourth-order valence-electron chi connectivity index (χ4n) is 1.72. The summed E-state index contributed by atoms with van der Waals surface area (Å²) in [4.78, 5) is 28.3. The number of nitrogens with zero attached hydrogens (tertiary/aromatic N) is 3. The number of rotatable bonds is 0. The van der Waals surface area contributed by atoms with Crippen LogP contribution < -0.4 is 0 Å². The third-order valence-electron chi connectivity index (χ3n) is 3.03. The molecule has 0 N–H and O–H groups in total. The summed E-state index contributed by atoms with van der Waals surface area (Å²) in [6.45, 7) is 8.12. The molecule has 2 amide bonds. The molecule has 1 aliphatic heterocycles. The van der Waals surface area contributed by atoms with Crippen molar-refractivity contribution in [2.75, 3.05) is 27.8 Å². The predicted octanol–water partition coefficient (Wildman–Crippen LogP) is 0.0984. The average Bonchev–Trinajstić information content (AvgIpc) is 2.39. The molecule has 1 saturated heterocycles. The van der Waals surface area contributed by atoms with Gasteiger partial charge in [-0.2, -0.15) is 0 Å². The fraction of sp³-hybridized carbons (Fsp3) is 0.636. The molecule has 0 atom stereocenters. The Morgan fingerprint density at radius 1 is 1.38 bits per heavy atom. The lowest BCUT2D eigenvalue weighted by molar-refractivity contribution is -0.152. The maximum atomic E-state index is 12.0. The van der Waals surface area contributed by atoms with Gasteiger partial charge in [-0.1, -0.05) is 6.58 Å². The van der Waals surface area contributed by atoms with Gasteiger partial charge in [-0.25, -0.2) is 0 Å². The van der Waals surface area contributed by atoms with E-state index in [-0.39, 0.29) is 0 Å². The number of hydrogen-bond donors (Lipinski definition) is 0. The lowest BCUT2D eigenvalue weighted by Gasteiger charge is -2.30. The number of likely N-dealkylation sites (N-methyl/N-ethyl adjacent to an activating group) is 2. The lowest BCUT2D eigenvalue weighted by atomic mass is 10.0. The van der Waals surface area contributed by atoms with Gasteiger partial charge in [-0.3, -0.25) is 9.59 Å². The first kappa shape index (κ1) is 12.5. The van der Waals surface area contributed by atoms with Crippen molar-refractivity contribution in [2.45, 2.75) is 19.4 Å². The molecule has 1 heterocycles. The average molecular weight is 225 g/mol. The highest BCUT2D eigenvalue weighted by molar-refractivity contribution is 6.35. The van der Waals surface area contributed by atoms with Gasteiger partial charge in [0.2, 0.25) is 0 Å². The largest absolute Gasteiger partial charge is 0.359 e. The molecule has 0 unspecified atom stereocenters. The minimum absolute atomic E-state index is 0.407. The maximum absolute atomic E-state index is 12.0. The van der Waals surface area contributed by atoms with E-state index < -0.39 is 17.4 Å². The summed E-state index contributed by atoms with van der Waals surface area (Å²) < 4.78 is 0. The first-order chi connectivity index (χ1) is 7.19. The van der Waals surface area contributed by atoms with Crippen LogP contribution in [0.15, 0.2) is 12.3 Å². The summed E-state index contributed by atoms with van der Waals surface area (Å²) in [5, 5.41) is 0. The van der Waals surface area contributed by atoms with Gasteiger partial charge < -0.3 is 14.7 Å². The molecule has 0 aliphatic carbocycles. The van der Waals surface area contributed by atoms with Crippen LogP contribution in [0.5, 0.6) is 0 Å². The van der Waals surface area contributed by atoms with E-state index in [1.807, 2.05) is 25.8 Å². The van der Waals surface area contributed by atoms with E-state index in [9.17, 15) is 9.59 Å². The lowest BCUT2D eigenvalue weighted by Crippen LogP contribution is -2.49. The molecular weight excluding hydrogens is 206 g/mol. The van der Waals surface area contributed by atoms with Crippen molar-refractivity contribution >= 4 is 11.8 Å². The fourth-order valence-corrected chi connectivity index (χ4v) is 1.72. The van der Waals surface area contributed by atoms with Crippen molar-refractivity contribution in [3.05, 3.63) is 12.3 Å². The van der Waals surface area contributed by atoms with E-state index >= 15 is 0 Å². The van der Waals surface area contributed by atoms with Crippen LogP contribution in [0.2, 0.25) is 0 Å². The highest BCUT2D eigenvalue weighted by Gasteiger charge is 2.43. The molecule has 0 aromatic rings. The number of amides is 2. The van der Waals surface area contributed by atoms with Crippen LogP contribution in [0, 0.1) is 0 Å². The van der Waals surface area contributed by atoms with Crippen LogP contribution in [0.4, 0.5) is 0 Å². The van der Waals surface area contributed by atoms with E-state index in [1.54, 1.807) is 14.1 Å². The van der Waals surface area contributed by atoms with Crippen LogP contribution in [-0.4, -0.2) is 59.9 Å². The molecule has 0 saturated carbocycles. The van der Waals surface area contributed by atoms with Crippen LogP contribution in [0.1, 0.15) is 13.8 Å². The summed E-state index contributed by atoms with van der Waals surface area (Å²) in [6.07, 6.45) is 0. The highest BCUT2D eigenvalue weighted by atomic mass is 16.2. The molecule has 90 valence electrons. The van der Waals surface area contributed by atoms with E-state index in [4.69, 9.17) is 0 Å². The maximum Gasteiger partial charge on any atom is 0.314 e. The van der Waals surface area contributed by atoms with Crippen LogP contribution in [0.3, 0.4) is 0 Å². The molecule has 5 nitrogen and oxygen atoms in total. The second-order valence-electron chi connectivity index (χ2n) is 4.78. The molecule has 5 heteroatoms. The normalized spacial score (nSPS) is 18.9. The molecule has 1 fully saturated rings. The Morgan fingerprint density at radius 2 is 1.88 bits per heavy atom. The molecule has 0 aromatic heterocycles. The Kier molecular flexibility index (Phi) is 2.99. The molecule has 1 aliphatic rings. The quantitative estimate of drug-likeness (QED) is 0.549. The van der Waals surface area contributed by atoms with Crippen molar-refractivity contribution < 1.29 is 9.59 Å². The highest BCUT2D eigenvalue weighted by Crippen LogP contribution is 2.31. The number of carbonyl (C=O) groups excluding carboxylic acids is 2. The Bertz CT molecular complexity index is 347. The molecule has 0 bridgehead atoms. The van der Waals surface area contributed by atoms with Crippen molar-refractivity contribution in [2.24, 2.45) is 0 Å². The van der Waals surface area contributed by atoms with Gasteiger partial charge in [-0.15, -0.1) is 0 Å². The summed E-state index contributed by atoms with van der Waals surface area (Å²) in [5.41, 5.74) is 0.338. The number of carbonyl (C=O) groups is 2. The number of hydrogen-bond acceptors (Lipinski definition) is 3. The Balaban J connectivity index is 2.95. The van der Waals surface area contributed by atoms with Gasteiger partial charge in [0.25, 0.3) is 0 Å². The first-order valence-electron chi connectivity index (χ1n) is 5.13. The summed E-state index contributed by atoms with van der Waals surface area (Å²) in [7, 11) is 5.00. The van der Waals surface area contributed by atoms with Crippen LogP contribution >= 0.6 is 0 Å². The van der Waals surface area contributed by atoms with Crippen molar-refractivity contribution in [3.63, 3.8) is 0 Å².